The Morgan fingerprint density at radius 3 is 2.62 bits per heavy atom. The van der Waals surface area contributed by atoms with E-state index in [1.165, 1.54) is 49.7 Å². The molecule has 0 spiro atoms. The summed E-state index contributed by atoms with van der Waals surface area (Å²) in [5.74, 6) is 1.86. The van der Waals surface area contributed by atoms with Crippen LogP contribution in [0.4, 0.5) is 0 Å². The van der Waals surface area contributed by atoms with Crippen LogP contribution in [0.3, 0.4) is 0 Å². The first-order valence-corrected chi connectivity index (χ1v) is 8.91. The highest BCUT2D eigenvalue weighted by Crippen LogP contribution is 2.42. The lowest BCUT2D eigenvalue weighted by Crippen LogP contribution is -2.18. The fourth-order valence-corrected chi connectivity index (χ4v) is 4.15. The molecular formula is C19H27ClO. The third-order valence-electron chi connectivity index (χ3n) is 5.20. The van der Waals surface area contributed by atoms with Crippen molar-refractivity contribution in [2.45, 2.75) is 69.6 Å². The average molecular weight is 307 g/mol. The molecule has 1 atom stereocenters. The topological polar surface area (TPSA) is 9.23 Å². The summed E-state index contributed by atoms with van der Waals surface area (Å²) in [6.07, 6.45) is 9.45. The Kier molecular flexibility index (Phi) is 4.49. The molecule has 0 radical (unpaired) electrons. The van der Waals surface area contributed by atoms with Crippen LogP contribution in [0.25, 0.3) is 0 Å². The number of ether oxygens (including phenoxy) is 1. The predicted octanol–water partition coefficient (Wildman–Crippen LogP) is 6.00. The summed E-state index contributed by atoms with van der Waals surface area (Å²) in [5.41, 5.74) is 2.72. The fourth-order valence-electron chi connectivity index (χ4n) is 3.76. The highest BCUT2D eigenvalue weighted by molar-refractivity contribution is 6.20. The van der Waals surface area contributed by atoms with Crippen LogP contribution >= 0.6 is 11.6 Å². The molecule has 0 saturated heterocycles. The number of benzene rings is 1. The van der Waals surface area contributed by atoms with Crippen LogP contribution in [-0.4, -0.2) is 6.61 Å². The van der Waals surface area contributed by atoms with Crippen molar-refractivity contribution in [3.8, 4) is 5.75 Å². The third kappa shape index (κ3) is 3.39. The minimum Gasteiger partial charge on any atom is -0.492 e. The molecule has 1 aliphatic carbocycles. The van der Waals surface area contributed by atoms with Gasteiger partial charge in [-0.2, -0.15) is 0 Å². The van der Waals surface area contributed by atoms with Gasteiger partial charge in [-0.15, -0.1) is 11.6 Å². The van der Waals surface area contributed by atoms with Gasteiger partial charge in [0.05, 0.1) is 12.0 Å². The first-order chi connectivity index (χ1) is 10.1. The minimum absolute atomic E-state index is 0.115. The summed E-state index contributed by atoms with van der Waals surface area (Å²) in [4.78, 5) is 0. The Balaban J connectivity index is 1.71. The highest BCUT2D eigenvalue weighted by atomic mass is 35.5. The van der Waals surface area contributed by atoms with Crippen LogP contribution < -0.4 is 4.74 Å². The molecule has 1 aromatic rings. The molecular weight excluding hydrogens is 280 g/mol. The molecule has 116 valence electrons. The van der Waals surface area contributed by atoms with Crippen molar-refractivity contribution in [1.82, 2.24) is 0 Å². The number of hydrogen-bond acceptors (Lipinski definition) is 1. The number of hydrogen-bond donors (Lipinski definition) is 0. The second kappa shape index (κ2) is 6.20. The lowest BCUT2D eigenvalue weighted by Gasteiger charge is -2.20. The third-order valence-corrected chi connectivity index (χ3v) is 5.63. The Bertz CT molecular complexity index is 486. The Hall–Kier alpha value is -0.690. The molecule has 0 amide bonds. The number of alkyl halides is 1. The largest absolute Gasteiger partial charge is 0.492 e. The van der Waals surface area contributed by atoms with E-state index in [0.29, 0.717) is 0 Å². The molecule has 21 heavy (non-hydrogen) atoms. The normalized spacial score (nSPS) is 23.2. The molecule has 1 heterocycles. The van der Waals surface area contributed by atoms with Crippen molar-refractivity contribution in [3.05, 3.63) is 29.3 Å². The maximum atomic E-state index is 6.75. The van der Waals surface area contributed by atoms with Crippen molar-refractivity contribution in [1.29, 1.82) is 0 Å². The van der Waals surface area contributed by atoms with Crippen LogP contribution in [0, 0.1) is 5.92 Å². The van der Waals surface area contributed by atoms with Gasteiger partial charge in [-0.1, -0.05) is 58.4 Å². The van der Waals surface area contributed by atoms with Gasteiger partial charge in [0.1, 0.15) is 5.75 Å². The molecule has 1 saturated carbocycles. The van der Waals surface area contributed by atoms with Gasteiger partial charge < -0.3 is 4.74 Å². The zero-order valence-corrected chi connectivity index (χ0v) is 14.1. The first kappa shape index (κ1) is 15.2. The van der Waals surface area contributed by atoms with E-state index in [-0.39, 0.29) is 10.8 Å². The van der Waals surface area contributed by atoms with E-state index in [2.05, 4.69) is 32.0 Å². The molecule has 2 heteroatoms. The van der Waals surface area contributed by atoms with Gasteiger partial charge in [0.25, 0.3) is 0 Å². The zero-order chi connectivity index (χ0) is 14.9. The average Bonchev–Trinajstić information content (AvgIpc) is 2.66. The van der Waals surface area contributed by atoms with E-state index in [1.807, 2.05) is 0 Å². The van der Waals surface area contributed by atoms with E-state index < -0.39 is 0 Å². The summed E-state index contributed by atoms with van der Waals surface area (Å²) in [5, 5.41) is 0.148. The maximum Gasteiger partial charge on any atom is 0.123 e. The molecule has 1 aromatic carbocycles. The molecule has 1 unspecified atom stereocenters. The monoisotopic (exact) mass is 306 g/mol. The smallest absolute Gasteiger partial charge is 0.123 e. The van der Waals surface area contributed by atoms with Gasteiger partial charge in [0.2, 0.25) is 0 Å². The van der Waals surface area contributed by atoms with Gasteiger partial charge in [-0.25, -0.2) is 0 Å². The molecule has 2 aliphatic rings. The molecule has 0 aromatic heterocycles. The van der Waals surface area contributed by atoms with Crippen molar-refractivity contribution in [2.24, 2.45) is 5.92 Å². The van der Waals surface area contributed by atoms with E-state index in [0.717, 1.165) is 24.7 Å². The quantitative estimate of drug-likeness (QED) is 0.492. The number of halogens is 1. The molecule has 1 nitrogen and oxygen atoms in total. The zero-order valence-electron chi connectivity index (χ0n) is 13.3. The van der Waals surface area contributed by atoms with Crippen LogP contribution in [-0.2, 0) is 5.41 Å². The number of rotatable bonds is 3. The highest BCUT2D eigenvalue weighted by Gasteiger charge is 2.32. The van der Waals surface area contributed by atoms with Gasteiger partial charge in [0, 0.05) is 11.0 Å². The molecule has 3 rings (SSSR count). The molecule has 0 bridgehead atoms. The van der Waals surface area contributed by atoms with Crippen molar-refractivity contribution < 1.29 is 4.74 Å². The van der Waals surface area contributed by atoms with E-state index >= 15 is 0 Å². The lowest BCUT2D eigenvalue weighted by molar-refractivity contribution is 0.291. The fraction of sp³-hybridized carbons (Fsp3) is 0.684. The standard InChI is InChI=1S/C19H27ClO/c1-19(2)13-21-18-10-9-15(12-16(18)19)17(20)11-14-7-5-3-4-6-8-14/h9-10,12,14,17H,3-8,11,13H2,1-2H3. The van der Waals surface area contributed by atoms with Crippen molar-refractivity contribution in [2.75, 3.05) is 6.61 Å². The van der Waals surface area contributed by atoms with Crippen molar-refractivity contribution >= 4 is 11.6 Å². The van der Waals surface area contributed by atoms with Gasteiger partial charge >= 0.3 is 0 Å². The predicted molar refractivity (Wildman–Crippen MR) is 89.4 cm³/mol. The van der Waals surface area contributed by atoms with Gasteiger partial charge in [-0.05, 0) is 30.0 Å². The SMILES string of the molecule is CC1(C)COc2ccc(C(Cl)CC3CCCCCC3)cc21. The van der Waals surface area contributed by atoms with E-state index in [4.69, 9.17) is 16.3 Å². The van der Waals surface area contributed by atoms with Crippen LogP contribution in [0.5, 0.6) is 5.75 Å². The second-order valence-electron chi connectivity index (χ2n) is 7.49. The van der Waals surface area contributed by atoms with Crippen LogP contribution in [0.15, 0.2) is 18.2 Å². The summed E-state index contributed by atoms with van der Waals surface area (Å²) < 4.78 is 5.77. The lowest BCUT2D eigenvalue weighted by atomic mass is 9.85. The van der Waals surface area contributed by atoms with E-state index in [1.54, 1.807) is 0 Å². The molecule has 1 aliphatic heterocycles. The molecule has 1 fully saturated rings. The van der Waals surface area contributed by atoms with Gasteiger partial charge in [0.15, 0.2) is 0 Å². The van der Waals surface area contributed by atoms with E-state index in [9.17, 15) is 0 Å². The minimum atomic E-state index is 0.115. The summed E-state index contributed by atoms with van der Waals surface area (Å²) >= 11 is 6.75. The van der Waals surface area contributed by atoms with Crippen LogP contribution in [0.1, 0.15) is 75.3 Å². The van der Waals surface area contributed by atoms with Crippen LogP contribution in [0.2, 0.25) is 0 Å². The second-order valence-corrected chi connectivity index (χ2v) is 8.02. The number of fused-ring (bicyclic) bond motifs is 1. The van der Waals surface area contributed by atoms with Crippen molar-refractivity contribution in [3.63, 3.8) is 0 Å². The Morgan fingerprint density at radius 1 is 1.19 bits per heavy atom. The Labute approximate surface area is 134 Å². The first-order valence-electron chi connectivity index (χ1n) is 8.47. The summed E-state index contributed by atoms with van der Waals surface area (Å²) in [6.45, 7) is 5.27. The molecule has 0 N–H and O–H groups in total. The Morgan fingerprint density at radius 2 is 1.90 bits per heavy atom. The maximum absolute atomic E-state index is 6.75. The van der Waals surface area contributed by atoms with Gasteiger partial charge in [-0.3, -0.25) is 0 Å². The summed E-state index contributed by atoms with van der Waals surface area (Å²) in [7, 11) is 0. The summed E-state index contributed by atoms with van der Waals surface area (Å²) in [6, 6.07) is 6.56.